The molecule has 0 unspecified atom stereocenters. The maximum atomic E-state index is 11.8. The first-order chi connectivity index (χ1) is 18.8. The molecule has 0 spiro atoms. The summed E-state index contributed by atoms with van der Waals surface area (Å²) in [6.07, 6.45) is 5.82. The highest BCUT2D eigenvalue weighted by Crippen LogP contribution is 2.20. The second-order valence-electron chi connectivity index (χ2n) is 10.1. The van der Waals surface area contributed by atoms with E-state index >= 15 is 0 Å². The maximum Gasteiger partial charge on any atom is 0.414 e. The minimum absolute atomic E-state index is 0.251. The van der Waals surface area contributed by atoms with E-state index in [1.165, 1.54) is 44.9 Å². The maximum absolute atomic E-state index is 11.8. The molecule has 0 aromatic rings. The number of rotatable bonds is 20. The Hall–Kier alpha value is -1.99. The van der Waals surface area contributed by atoms with Gasteiger partial charge in [0.2, 0.25) is 0 Å². The molecule has 39 heavy (non-hydrogen) atoms. The molecule has 1 heterocycles. The van der Waals surface area contributed by atoms with Crippen LogP contribution in [0.1, 0.15) is 103 Å². The normalized spacial score (nSPS) is 22.7. The smallest absolute Gasteiger partial charge is 0.414 e. The molecular weight excluding hydrogens is 512 g/mol. The summed E-state index contributed by atoms with van der Waals surface area (Å²) in [5, 5.41) is 43.4. The topological polar surface area (TPSA) is 184 Å². The molecule has 12 heteroatoms. The van der Waals surface area contributed by atoms with Crippen molar-refractivity contribution in [2.45, 2.75) is 134 Å². The van der Waals surface area contributed by atoms with Gasteiger partial charge >= 0.3 is 18.2 Å². The molecule has 2 amide bonds. The van der Waals surface area contributed by atoms with Crippen molar-refractivity contribution in [2.75, 3.05) is 19.7 Å². The minimum atomic E-state index is -1.69. The van der Waals surface area contributed by atoms with Crippen molar-refractivity contribution >= 4 is 18.2 Å². The highest BCUT2D eigenvalue weighted by Gasteiger charge is 2.43. The van der Waals surface area contributed by atoms with Crippen molar-refractivity contribution in [3.8, 4) is 0 Å². The number of carbonyl (C=O) groups is 3. The monoisotopic (exact) mass is 562 g/mol. The van der Waals surface area contributed by atoms with Crippen LogP contribution in [0.4, 0.5) is 9.59 Å². The van der Waals surface area contributed by atoms with Gasteiger partial charge in [-0.25, -0.2) is 9.59 Å². The van der Waals surface area contributed by atoms with E-state index in [0.29, 0.717) is 25.9 Å². The number of hydrogen-bond acceptors (Lipinski definition) is 10. The van der Waals surface area contributed by atoms with Crippen LogP contribution in [0.15, 0.2) is 0 Å². The molecule has 0 bridgehead atoms. The quantitative estimate of drug-likeness (QED) is 0.0732. The average molecular weight is 563 g/mol. The predicted octanol–water partition coefficient (Wildman–Crippen LogP) is 2.64. The van der Waals surface area contributed by atoms with Gasteiger partial charge in [-0.2, -0.15) is 0 Å². The molecule has 0 saturated carbocycles. The van der Waals surface area contributed by atoms with Gasteiger partial charge < -0.3 is 45.3 Å². The second-order valence-corrected chi connectivity index (χ2v) is 10.1. The van der Waals surface area contributed by atoms with Crippen LogP contribution in [0, 0.1) is 0 Å². The molecule has 0 aromatic carbocycles. The highest BCUT2D eigenvalue weighted by molar-refractivity contribution is 5.84. The molecule has 1 aliphatic rings. The lowest BCUT2D eigenvalue weighted by Crippen LogP contribution is -2.58. The zero-order chi connectivity index (χ0) is 28.9. The van der Waals surface area contributed by atoms with E-state index < -0.39 is 55.5 Å². The first kappa shape index (κ1) is 35.0. The summed E-state index contributed by atoms with van der Waals surface area (Å²) in [5.74, 6) is -0.500. The summed E-state index contributed by atoms with van der Waals surface area (Å²) in [4.78, 5) is 35.2. The molecule has 228 valence electrons. The number of alkyl carbamates (subject to hydrolysis) is 2. The van der Waals surface area contributed by atoms with Crippen LogP contribution in [0.2, 0.25) is 0 Å². The summed E-state index contributed by atoms with van der Waals surface area (Å²) >= 11 is 0. The SMILES string of the molecule is CCCCCCCCCCCCC(=O)OC(=O)NCCCCCCNC(=O)OC[C@H]1O[C@H](O)[C@H](O)[C@@H](O)[C@@H]1O. The van der Waals surface area contributed by atoms with Gasteiger partial charge in [0.1, 0.15) is 31.0 Å². The van der Waals surface area contributed by atoms with E-state index in [1.807, 2.05) is 0 Å². The van der Waals surface area contributed by atoms with E-state index in [9.17, 15) is 34.8 Å². The number of esters is 1. The Morgan fingerprint density at radius 3 is 1.77 bits per heavy atom. The van der Waals surface area contributed by atoms with Crippen LogP contribution in [0.3, 0.4) is 0 Å². The fourth-order valence-electron chi connectivity index (χ4n) is 4.21. The number of carbonyl (C=O) groups excluding carboxylic acids is 3. The van der Waals surface area contributed by atoms with Crippen molar-refractivity contribution in [1.29, 1.82) is 0 Å². The standard InChI is InChI=1S/C27H50N2O10/c1-2-3-4-5-6-7-8-9-10-13-16-21(30)39-27(36)29-18-15-12-11-14-17-28-26(35)37-19-20-22(31)23(32)24(33)25(34)38-20/h20,22-25,31-34H,2-19H2,1H3,(H,28,35)(H,29,36)/t20-,22-,23+,24-,25+/m1/s1. The van der Waals surface area contributed by atoms with E-state index in [-0.39, 0.29) is 6.42 Å². The second kappa shape index (κ2) is 21.8. The number of aliphatic hydroxyl groups excluding tert-OH is 4. The molecular formula is C27H50N2O10. The Labute approximate surface area is 231 Å². The summed E-state index contributed by atoms with van der Waals surface area (Å²) < 4.78 is 14.6. The van der Waals surface area contributed by atoms with Gasteiger partial charge in [-0.3, -0.25) is 4.79 Å². The first-order valence-corrected chi connectivity index (χ1v) is 14.5. The lowest BCUT2D eigenvalue weighted by Gasteiger charge is -2.37. The summed E-state index contributed by atoms with van der Waals surface area (Å²) in [5.41, 5.74) is 0. The number of hydrogen-bond donors (Lipinski definition) is 6. The van der Waals surface area contributed by atoms with Crippen molar-refractivity contribution < 1.29 is 49.0 Å². The average Bonchev–Trinajstić information content (AvgIpc) is 2.91. The Kier molecular flexibility index (Phi) is 19.6. The van der Waals surface area contributed by atoms with Crippen molar-refractivity contribution in [2.24, 2.45) is 0 Å². The van der Waals surface area contributed by atoms with Crippen LogP contribution < -0.4 is 10.6 Å². The molecule has 1 rings (SSSR count). The van der Waals surface area contributed by atoms with Gasteiger partial charge in [0.15, 0.2) is 6.29 Å². The number of amides is 2. The van der Waals surface area contributed by atoms with Crippen molar-refractivity contribution in [1.82, 2.24) is 10.6 Å². The molecule has 5 atom stereocenters. The van der Waals surface area contributed by atoms with Crippen LogP contribution >= 0.6 is 0 Å². The summed E-state index contributed by atoms with van der Waals surface area (Å²) in [6, 6.07) is 0. The molecule has 0 aromatic heterocycles. The molecule has 6 N–H and O–H groups in total. The Morgan fingerprint density at radius 2 is 1.18 bits per heavy atom. The van der Waals surface area contributed by atoms with Crippen LogP contribution in [-0.4, -0.2) is 89.0 Å². The Morgan fingerprint density at radius 1 is 0.667 bits per heavy atom. The molecule has 1 fully saturated rings. The van der Waals surface area contributed by atoms with E-state index in [1.54, 1.807) is 0 Å². The van der Waals surface area contributed by atoms with E-state index in [2.05, 4.69) is 17.6 Å². The number of unbranched alkanes of at least 4 members (excludes halogenated alkanes) is 12. The third-order valence-corrected chi connectivity index (χ3v) is 6.65. The van der Waals surface area contributed by atoms with Gasteiger partial charge in [0.05, 0.1) is 0 Å². The third kappa shape index (κ3) is 16.7. The van der Waals surface area contributed by atoms with Gasteiger partial charge in [-0.05, 0) is 19.3 Å². The number of nitrogens with one attached hydrogen (secondary N) is 2. The molecule has 1 saturated heterocycles. The fraction of sp³-hybridized carbons (Fsp3) is 0.889. The zero-order valence-corrected chi connectivity index (χ0v) is 23.4. The summed E-state index contributed by atoms with van der Waals surface area (Å²) in [6.45, 7) is 2.54. The molecule has 1 aliphatic heterocycles. The van der Waals surface area contributed by atoms with Crippen LogP contribution in [0.5, 0.6) is 0 Å². The molecule has 12 nitrogen and oxygen atoms in total. The molecule has 0 radical (unpaired) electrons. The Balaban J connectivity index is 1.92. The van der Waals surface area contributed by atoms with Gasteiger partial charge in [-0.15, -0.1) is 0 Å². The highest BCUT2D eigenvalue weighted by atomic mass is 16.7. The van der Waals surface area contributed by atoms with Gasteiger partial charge in [-0.1, -0.05) is 77.6 Å². The fourth-order valence-corrected chi connectivity index (χ4v) is 4.21. The molecule has 0 aliphatic carbocycles. The van der Waals surface area contributed by atoms with E-state index in [4.69, 9.17) is 14.2 Å². The number of ether oxygens (including phenoxy) is 3. The predicted molar refractivity (Wildman–Crippen MR) is 143 cm³/mol. The summed E-state index contributed by atoms with van der Waals surface area (Å²) in [7, 11) is 0. The zero-order valence-electron chi connectivity index (χ0n) is 23.4. The van der Waals surface area contributed by atoms with Crippen LogP contribution in [0.25, 0.3) is 0 Å². The van der Waals surface area contributed by atoms with Gasteiger partial charge in [0, 0.05) is 19.5 Å². The minimum Gasteiger partial charge on any atom is -0.447 e. The Bertz CT molecular complexity index is 681. The lowest BCUT2D eigenvalue weighted by atomic mass is 9.99. The number of aliphatic hydroxyl groups is 4. The first-order valence-electron chi connectivity index (χ1n) is 14.5. The van der Waals surface area contributed by atoms with Crippen molar-refractivity contribution in [3.05, 3.63) is 0 Å². The van der Waals surface area contributed by atoms with E-state index in [0.717, 1.165) is 32.1 Å². The lowest BCUT2D eigenvalue weighted by molar-refractivity contribution is -0.286. The largest absolute Gasteiger partial charge is 0.447 e. The van der Waals surface area contributed by atoms with Crippen LogP contribution in [-0.2, 0) is 19.0 Å². The van der Waals surface area contributed by atoms with Crippen molar-refractivity contribution in [3.63, 3.8) is 0 Å². The van der Waals surface area contributed by atoms with Gasteiger partial charge in [0.25, 0.3) is 0 Å². The third-order valence-electron chi connectivity index (χ3n) is 6.65.